The summed E-state index contributed by atoms with van der Waals surface area (Å²) >= 11 is 0. The highest BCUT2D eigenvalue weighted by molar-refractivity contribution is 5.92. The second-order valence-electron chi connectivity index (χ2n) is 9.56. The lowest BCUT2D eigenvalue weighted by molar-refractivity contribution is -0.138. The molecular formula is C26H41N7O5. The van der Waals surface area contributed by atoms with E-state index in [1.54, 1.807) is 4.90 Å². The number of piperidine rings is 1. The number of aliphatic hydroxyl groups excluding tert-OH is 1. The number of nitrogens with two attached hydrogens (primary N) is 3. The number of carbonyl (C=O) groups excluding carboxylic acids is 4. The predicted molar refractivity (Wildman–Crippen MR) is 143 cm³/mol. The van der Waals surface area contributed by atoms with Crippen LogP contribution in [0, 0.1) is 0 Å². The molecule has 0 aromatic heterocycles. The lowest BCUT2D eigenvalue weighted by Crippen LogP contribution is -2.57. The van der Waals surface area contributed by atoms with E-state index in [4.69, 9.17) is 17.2 Å². The van der Waals surface area contributed by atoms with Gasteiger partial charge in [-0.1, -0.05) is 36.9 Å². The second kappa shape index (κ2) is 15.1. The van der Waals surface area contributed by atoms with Gasteiger partial charge in [0.2, 0.25) is 23.6 Å². The van der Waals surface area contributed by atoms with Crippen LogP contribution < -0.4 is 33.2 Å². The van der Waals surface area contributed by atoms with Gasteiger partial charge in [-0.05, 0) is 44.2 Å². The highest BCUT2D eigenvalue weighted by Gasteiger charge is 2.37. The predicted octanol–water partition coefficient (Wildman–Crippen LogP) is -1.21. The zero-order chi connectivity index (χ0) is 28.1. The number of nitrogens with one attached hydrogen (secondary N) is 3. The van der Waals surface area contributed by atoms with Gasteiger partial charge in [0.05, 0.1) is 18.6 Å². The van der Waals surface area contributed by atoms with E-state index in [0.717, 1.165) is 5.56 Å². The average molecular weight is 532 g/mol. The van der Waals surface area contributed by atoms with E-state index in [0.29, 0.717) is 51.7 Å². The van der Waals surface area contributed by atoms with Gasteiger partial charge in [-0.3, -0.25) is 19.2 Å². The van der Waals surface area contributed by atoms with Gasteiger partial charge in [-0.2, -0.15) is 0 Å². The summed E-state index contributed by atoms with van der Waals surface area (Å²) in [5.74, 6) is -1.95. The van der Waals surface area contributed by atoms with E-state index in [-0.39, 0.29) is 31.2 Å². The molecule has 12 heteroatoms. The van der Waals surface area contributed by atoms with Crippen LogP contribution in [0.3, 0.4) is 0 Å². The molecule has 2 atom stereocenters. The minimum absolute atomic E-state index is 0.110. The van der Waals surface area contributed by atoms with Crippen LogP contribution in [0.2, 0.25) is 0 Å². The van der Waals surface area contributed by atoms with Crippen LogP contribution >= 0.6 is 0 Å². The van der Waals surface area contributed by atoms with Gasteiger partial charge in [0, 0.05) is 19.5 Å². The van der Waals surface area contributed by atoms with E-state index in [1.807, 2.05) is 30.3 Å². The highest BCUT2D eigenvalue weighted by atomic mass is 16.3. The van der Waals surface area contributed by atoms with Crippen LogP contribution in [-0.4, -0.2) is 84.0 Å². The monoisotopic (exact) mass is 531 g/mol. The summed E-state index contributed by atoms with van der Waals surface area (Å²) in [5, 5.41) is 17.6. The van der Waals surface area contributed by atoms with Crippen molar-refractivity contribution < 1.29 is 24.3 Å². The van der Waals surface area contributed by atoms with Gasteiger partial charge in [-0.15, -0.1) is 0 Å². The first-order valence-corrected chi connectivity index (χ1v) is 12.9. The average Bonchev–Trinajstić information content (AvgIpc) is 2.91. The van der Waals surface area contributed by atoms with Crippen molar-refractivity contribution in [1.29, 1.82) is 0 Å². The number of unbranched alkanes of at least 4 members (excludes halogenated alkanes) is 1. The van der Waals surface area contributed by atoms with Crippen molar-refractivity contribution in [2.24, 2.45) is 17.2 Å². The van der Waals surface area contributed by atoms with Crippen LogP contribution in [0.4, 0.5) is 0 Å². The Morgan fingerprint density at radius 1 is 1.00 bits per heavy atom. The molecule has 1 aliphatic rings. The largest absolute Gasteiger partial charge is 0.511 e. The third kappa shape index (κ3) is 9.43. The van der Waals surface area contributed by atoms with Gasteiger partial charge in [0.1, 0.15) is 17.8 Å². The molecule has 0 spiro atoms. The van der Waals surface area contributed by atoms with Crippen molar-refractivity contribution >= 4 is 23.6 Å². The molecule has 12 nitrogen and oxygen atoms in total. The number of benzene rings is 1. The van der Waals surface area contributed by atoms with Gasteiger partial charge in [0.25, 0.3) is 0 Å². The summed E-state index contributed by atoms with van der Waals surface area (Å²) in [7, 11) is 0. The standard InChI is InChI=1S/C26H41N7O5/c1-18(34)26(29)10-13-33(14-11-26)25(38)20(9-5-6-12-27)31-23(36)17-30-24(37)21(32-22(35)16-28)15-19-7-3-2-4-8-19/h2-4,7-8,20-21,34H,1,5-6,9-17,27-29H2,(H,30,37)(H,31,36)(H,32,35). The molecule has 10 N–H and O–H groups in total. The van der Waals surface area contributed by atoms with E-state index < -0.39 is 35.3 Å². The number of amides is 4. The molecule has 1 saturated heterocycles. The van der Waals surface area contributed by atoms with Crippen molar-refractivity contribution in [3.05, 3.63) is 48.2 Å². The van der Waals surface area contributed by atoms with Crippen molar-refractivity contribution in [2.45, 2.75) is 56.1 Å². The summed E-state index contributed by atoms with van der Waals surface area (Å²) in [4.78, 5) is 52.2. The smallest absolute Gasteiger partial charge is 0.245 e. The fraction of sp³-hybridized carbons (Fsp3) is 0.538. The molecule has 2 rings (SSSR count). The number of hydrogen-bond donors (Lipinski definition) is 7. The first-order chi connectivity index (χ1) is 18.1. The molecule has 4 amide bonds. The van der Waals surface area contributed by atoms with Crippen molar-refractivity contribution in [3.63, 3.8) is 0 Å². The summed E-state index contributed by atoms with van der Waals surface area (Å²) in [5.41, 5.74) is 17.0. The summed E-state index contributed by atoms with van der Waals surface area (Å²) < 4.78 is 0. The van der Waals surface area contributed by atoms with Crippen LogP contribution in [0.25, 0.3) is 0 Å². The number of likely N-dealkylation sites (tertiary alicyclic amines) is 1. The van der Waals surface area contributed by atoms with E-state index in [9.17, 15) is 24.3 Å². The topological polar surface area (TPSA) is 206 Å². The molecule has 210 valence electrons. The Labute approximate surface area is 223 Å². The normalized spacial score (nSPS) is 16.1. The Morgan fingerprint density at radius 3 is 2.21 bits per heavy atom. The fourth-order valence-electron chi connectivity index (χ4n) is 4.23. The van der Waals surface area contributed by atoms with Gasteiger partial charge in [-0.25, -0.2) is 0 Å². The summed E-state index contributed by atoms with van der Waals surface area (Å²) in [6.07, 6.45) is 2.63. The summed E-state index contributed by atoms with van der Waals surface area (Å²) in [6.45, 7) is 3.97. The lowest BCUT2D eigenvalue weighted by atomic mass is 9.87. The Morgan fingerprint density at radius 2 is 1.63 bits per heavy atom. The lowest BCUT2D eigenvalue weighted by Gasteiger charge is -2.39. The second-order valence-corrected chi connectivity index (χ2v) is 9.56. The number of nitrogens with zero attached hydrogens (tertiary/aromatic N) is 1. The first kappa shape index (κ1) is 30.7. The van der Waals surface area contributed by atoms with Gasteiger partial charge < -0.3 is 43.2 Å². The molecule has 1 aromatic carbocycles. The molecule has 1 heterocycles. The van der Waals surface area contributed by atoms with Gasteiger partial charge in [0.15, 0.2) is 0 Å². The van der Waals surface area contributed by atoms with E-state index in [1.165, 1.54) is 0 Å². The minimum Gasteiger partial charge on any atom is -0.511 e. The molecule has 0 radical (unpaired) electrons. The maximum atomic E-state index is 13.2. The van der Waals surface area contributed by atoms with Gasteiger partial charge >= 0.3 is 0 Å². The molecule has 0 saturated carbocycles. The van der Waals surface area contributed by atoms with Crippen LogP contribution in [0.5, 0.6) is 0 Å². The van der Waals surface area contributed by atoms with Crippen molar-refractivity contribution in [1.82, 2.24) is 20.9 Å². The SMILES string of the molecule is C=C(O)C1(N)CCN(C(=O)C(CCCCN)NC(=O)CNC(=O)C(Cc2ccccc2)NC(=O)CN)CC1. The number of aliphatic hydroxyl groups is 1. The maximum absolute atomic E-state index is 13.2. The molecule has 2 unspecified atom stereocenters. The minimum atomic E-state index is -0.936. The molecule has 0 aliphatic carbocycles. The van der Waals surface area contributed by atoms with Crippen LogP contribution in [-0.2, 0) is 25.6 Å². The Balaban J connectivity index is 1.98. The zero-order valence-corrected chi connectivity index (χ0v) is 21.8. The quantitative estimate of drug-likeness (QED) is 0.114. The van der Waals surface area contributed by atoms with E-state index >= 15 is 0 Å². The van der Waals surface area contributed by atoms with E-state index in [2.05, 4.69) is 22.5 Å². The molecule has 1 aromatic rings. The summed E-state index contributed by atoms with van der Waals surface area (Å²) in [6, 6.07) is 7.41. The fourth-order valence-corrected chi connectivity index (χ4v) is 4.23. The molecule has 38 heavy (non-hydrogen) atoms. The molecule has 1 aliphatic heterocycles. The van der Waals surface area contributed by atoms with Crippen molar-refractivity contribution in [3.8, 4) is 0 Å². The Bertz CT molecular complexity index is 964. The Kier molecular flexibility index (Phi) is 12.2. The molecule has 1 fully saturated rings. The Hall–Kier alpha value is -3.48. The third-order valence-corrected chi connectivity index (χ3v) is 6.67. The maximum Gasteiger partial charge on any atom is 0.245 e. The molecular weight excluding hydrogens is 490 g/mol. The number of hydrogen-bond acceptors (Lipinski definition) is 8. The van der Waals surface area contributed by atoms with Crippen LogP contribution in [0.1, 0.15) is 37.7 Å². The first-order valence-electron chi connectivity index (χ1n) is 12.9. The third-order valence-electron chi connectivity index (χ3n) is 6.67. The van der Waals surface area contributed by atoms with Crippen molar-refractivity contribution in [2.75, 3.05) is 32.7 Å². The van der Waals surface area contributed by atoms with Crippen LogP contribution in [0.15, 0.2) is 42.7 Å². The number of rotatable bonds is 14. The zero-order valence-electron chi connectivity index (χ0n) is 21.8. The highest BCUT2D eigenvalue weighted by Crippen LogP contribution is 2.25. The molecule has 0 bridgehead atoms. The number of carbonyl (C=O) groups is 4.